The van der Waals surface area contributed by atoms with Crippen LogP contribution < -0.4 is 19.9 Å². The summed E-state index contributed by atoms with van der Waals surface area (Å²) in [5.74, 6) is 0.669. The fourth-order valence-electron chi connectivity index (χ4n) is 3.08. The second-order valence-electron chi connectivity index (χ2n) is 6.65. The molecule has 0 saturated carbocycles. The fourth-order valence-corrected chi connectivity index (χ4v) is 4.52. The summed E-state index contributed by atoms with van der Waals surface area (Å²) in [5, 5.41) is 19.9. The molecule has 4 rings (SSSR count). The summed E-state index contributed by atoms with van der Waals surface area (Å²) in [7, 11) is -3.43. The number of carbonyl (C=O) groups excluding carboxylic acids is 1. The molecule has 1 saturated heterocycles. The highest BCUT2D eigenvalue weighted by molar-refractivity contribution is 7.92. The number of anilines is 2. The highest BCUT2D eigenvalue weighted by Gasteiger charge is 2.27. The first-order chi connectivity index (χ1) is 14.2. The Kier molecular flexibility index (Phi) is 5.03. The Morgan fingerprint density at radius 2 is 1.93 bits per heavy atom. The number of nitrogens with zero attached hydrogens (tertiary/aromatic N) is 6. The molecule has 0 unspecified atom stereocenters. The van der Waals surface area contributed by atoms with Gasteiger partial charge in [-0.1, -0.05) is 0 Å². The van der Waals surface area contributed by atoms with Crippen LogP contribution in [0.4, 0.5) is 16.4 Å². The maximum atomic E-state index is 12.8. The average Bonchev–Trinajstić information content (AvgIpc) is 3.05. The lowest BCUT2D eigenvalue weighted by Gasteiger charge is -2.34. The minimum absolute atomic E-state index is 0.120. The molecule has 30 heavy (non-hydrogen) atoms. The van der Waals surface area contributed by atoms with Crippen molar-refractivity contribution >= 4 is 49.4 Å². The van der Waals surface area contributed by atoms with Gasteiger partial charge in [0.05, 0.1) is 6.26 Å². The van der Waals surface area contributed by atoms with Crippen molar-refractivity contribution in [3.63, 3.8) is 0 Å². The van der Waals surface area contributed by atoms with Crippen molar-refractivity contribution in [1.82, 2.24) is 19.1 Å². The van der Waals surface area contributed by atoms with Gasteiger partial charge in [-0.25, -0.2) is 13.2 Å². The van der Waals surface area contributed by atoms with Crippen molar-refractivity contribution in [2.24, 2.45) is 0 Å². The Hall–Kier alpha value is -3.26. The largest absolute Gasteiger partial charge is 0.618 e. The average molecular weight is 451 g/mol. The molecule has 1 aliphatic rings. The van der Waals surface area contributed by atoms with Crippen molar-refractivity contribution in [3.05, 3.63) is 46.0 Å². The normalized spacial score (nSPS) is 14.8. The van der Waals surface area contributed by atoms with Crippen molar-refractivity contribution in [3.8, 4) is 0 Å². The number of fused-ring (bicyclic) bond motifs is 1. The third-order valence-electron chi connectivity index (χ3n) is 4.50. The fraction of sp³-hybridized carbons (Fsp3) is 0.312. The number of pyridine rings is 1. The molecule has 3 aromatic heterocycles. The molecule has 0 aliphatic carbocycles. The molecule has 1 fully saturated rings. The number of amides is 1. The molecule has 0 bridgehead atoms. The Balaban J connectivity index is 1.45. The topological polar surface area (TPSA) is 144 Å². The van der Waals surface area contributed by atoms with E-state index in [2.05, 4.69) is 14.9 Å². The lowest BCUT2D eigenvalue weighted by atomic mass is 10.3. The molecule has 1 N–H and O–H groups in total. The number of aromatic nitrogens is 4. The van der Waals surface area contributed by atoms with E-state index in [-0.39, 0.29) is 16.0 Å². The van der Waals surface area contributed by atoms with Crippen LogP contribution in [0.3, 0.4) is 0 Å². The third-order valence-corrected chi connectivity index (χ3v) is 6.15. The molecule has 1 amide bonds. The van der Waals surface area contributed by atoms with Crippen molar-refractivity contribution < 1.29 is 17.9 Å². The van der Waals surface area contributed by atoms with Crippen LogP contribution in [-0.2, 0) is 10.0 Å². The zero-order chi connectivity index (χ0) is 21.5. The summed E-state index contributed by atoms with van der Waals surface area (Å²) in [6, 6.07) is 5.66. The third kappa shape index (κ3) is 3.91. The zero-order valence-electron chi connectivity index (χ0n) is 15.8. The number of sulfonamides is 1. The van der Waals surface area contributed by atoms with E-state index in [9.17, 15) is 23.2 Å². The van der Waals surface area contributed by atoms with Gasteiger partial charge in [-0.2, -0.15) is 8.69 Å². The van der Waals surface area contributed by atoms with Crippen molar-refractivity contribution in [2.45, 2.75) is 0 Å². The van der Waals surface area contributed by atoms with Gasteiger partial charge in [0.2, 0.25) is 10.0 Å². The number of hydrogen-bond donors (Lipinski definition) is 1. The molecule has 14 heteroatoms. The summed E-state index contributed by atoms with van der Waals surface area (Å²) >= 11 is 0.827. The van der Waals surface area contributed by atoms with E-state index >= 15 is 0 Å². The Morgan fingerprint density at radius 1 is 1.20 bits per heavy atom. The highest BCUT2D eigenvalue weighted by atomic mass is 32.2. The minimum Gasteiger partial charge on any atom is -0.618 e. The van der Waals surface area contributed by atoms with E-state index in [1.165, 1.54) is 29.3 Å². The predicted molar refractivity (Wildman–Crippen MR) is 110 cm³/mol. The van der Waals surface area contributed by atoms with Crippen LogP contribution in [0.5, 0.6) is 0 Å². The molecular weight excluding hydrogens is 434 g/mol. The number of nitrogens with one attached hydrogen (secondary N) is 1. The van der Waals surface area contributed by atoms with Gasteiger partial charge in [-0.05, 0) is 18.2 Å². The standard InChI is InChI=1S/C16H17N7O5S2/c1-30(27,28)19-12-4-5-13(18-17-12)20-7-9-21(10-8-20)16(25)23-14(24)11-3-2-6-22(26)15(11)29-23/h2-6H,7-10H2,1H3,(H,17,19). The Labute approximate surface area is 174 Å². The predicted octanol–water partition coefficient (Wildman–Crippen LogP) is -0.352. The molecule has 3 aromatic rings. The van der Waals surface area contributed by atoms with E-state index in [0.717, 1.165) is 21.7 Å². The smallest absolute Gasteiger partial charge is 0.341 e. The molecule has 4 heterocycles. The van der Waals surface area contributed by atoms with Gasteiger partial charge in [0.1, 0.15) is 5.39 Å². The molecule has 0 aromatic carbocycles. The van der Waals surface area contributed by atoms with Crippen LogP contribution in [0, 0.1) is 5.21 Å². The highest BCUT2D eigenvalue weighted by Crippen LogP contribution is 2.17. The summed E-state index contributed by atoms with van der Waals surface area (Å²) in [5.41, 5.74) is -0.507. The first-order valence-corrected chi connectivity index (χ1v) is 11.5. The van der Waals surface area contributed by atoms with Crippen LogP contribution >= 0.6 is 11.5 Å². The molecule has 0 radical (unpaired) electrons. The Morgan fingerprint density at radius 3 is 2.53 bits per heavy atom. The van der Waals surface area contributed by atoms with Crippen LogP contribution in [0.2, 0.25) is 0 Å². The zero-order valence-corrected chi connectivity index (χ0v) is 17.4. The molecule has 0 atom stereocenters. The number of hydrogen-bond acceptors (Lipinski definition) is 9. The van der Waals surface area contributed by atoms with E-state index in [1.807, 2.05) is 4.90 Å². The monoisotopic (exact) mass is 451 g/mol. The minimum atomic E-state index is -3.43. The molecular formula is C16H17N7O5S2. The van der Waals surface area contributed by atoms with Crippen molar-refractivity contribution in [2.75, 3.05) is 42.1 Å². The lowest BCUT2D eigenvalue weighted by Crippen LogP contribution is -2.51. The number of rotatable bonds is 3. The van der Waals surface area contributed by atoms with Crippen LogP contribution in [0.1, 0.15) is 0 Å². The Bertz CT molecular complexity index is 1260. The van der Waals surface area contributed by atoms with E-state index < -0.39 is 21.6 Å². The van der Waals surface area contributed by atoms with Gasteiger partial charge >= 0.3 is 10.9 Å². The summed E-state index contributed by atoms with van der Waals surface area (Å²) in [4.78, 5) is 28.9. The summed E-state index contributed by atoms with van der Waals surface area (Å²) in [6.07, 6.45) is 2.31. The quantitative estimate of drug-likeness (QED) is 0.420. The van der Waals surface area contributed by atoms with E-state index in [4.69, 9.17) is 0 Å². The number of carbonyl (C=O) groups is 1. The van der Waals surface area contributed by atoms with Gasteiger partial charge in [-0.15, -0.1) is 10.2 Å². The second-order valence-corrected chi connectivity index (χ2v) is 9.33. The summed E-state index contributed by atoms with van der Waals surface area (Å²) in [6.45, 7) is 1.62. The van der Waals surface area contributed by atoms with E-state index in [0.29, 0.717) is 36.7 Å². The molecule has 12 nitrogen and oxygen atoms in total. The van der Waals surface area contributed by atoms with E-state index in [1.54, 1.807) is 6.07 Å². The van der Waals surface area contributed by atoms with Gasteiger partial charge in [0.15, 0.2) is 17.8 Å². The van der Waals surface area contributed by atoms with Gasteiger partial charge in [0.25, 0.3) is 5.56 Å². The maximum Gasteiger partial charge on any atom is 0.341 e. The SMILES string of the molecule is CS(=O)(=O)Nc1ccc(N2CCN(C(=O)n3sc4c(ccc[n+]4[O-])c3=O)CC2)nn1. The van der Waals surface area contributed by atoms with Crippen LogP contribution in [-0.4, -0.2) is 65.9 Å². The van der Waals surface area contributed by atoms with Crippen LogP contribution in [0.15, 0.2) is 35.3 Å². The van der Waals surface area contributed by atoms with Gasteiger partial charge in [0, 0.05) is 43.8 Å². The van der Waals surface area contributed by atoms with Gasteiger partial charge in [-0.3, -0.25) is 9.52 Å². The second kappa shape index (κ2) is 7.53. The first-order valence-electron chi connectivity index (χ1n) is 8.83. The lowest BCUT2D eigenvalue weighted by molar-refractivity contribution is -0.574. The maximum absolute atomic E-state index is 12.8. The van der Waals surface area contributed by atoms with Crippen LogP contribution in [0.25, 0.3) is 10.2 Å². The van der Waals surface area contributed by atoms with Crippen molar-refractivity contribution in [1.29, 1.82) is 0 Å². The summed E-state index contributed by atoms with van der Waals surface area (Å²) < 4.78 is 26.3. The molecule has 158 valence electrons. The molecule has 0 spiro atoms. The van der Waals surface area contributed by atoms with Gasteiger partial charge < -0.3 is 15.0 Å². The number of piperazine rings is 1. The molecule has 1 aliphatic heterocycles. The first kappa shape index (κ1) is 20.0.